The standard InChI is InChI=1S/C10H10ClF3N2O2S/c11-8-3-6(10(12,13)14)4-15-9(8)16-7-1-2-19(17,18)5-7/h3-4,7H,1-2,5H2,(H,15,16). The van der Waals surface area contributed by atoms with Crippen molar-refractivity contribution in [3.63, 3.8) is 0 Å². The molecule has 1 aromatic heterocycles. The topological polar surface area (TPSA) is 59.1 Å². The van der Waals surface area contributed by atoms with Crippen LogP contribution in [-0.2, 0) is 16.0 Å². The second-order valence-electron chi connectivity index (χ2n) is 4.30. The number of pyridine rings is 1. The van der Waals surface area contributed by atoms with Crippen molar-refractivity contribution in [1.82, 2.24) is 4.98 Å². The first-order chi connectivity index (χ1) is 8.67. The molecule has 0 aromatic carbocycles. The van der Waals surface area contributed by atoms with Crippen LogP contribution in [0.1, 0.15) is 12.0 Å². The fraction of sp³-hybridized carbons (Fsp3) is 0.500. The Morgan fingerprint density at radius 1 is 1.42 bits per heavy atom. The Hall–Kier alpha value is -1.02. The Morgan fingerprint density at radius 2 is 2.11 bits per heavy atom. The minimum absolute atomic E-state index is 0.0585. The van der Waals surface area contributed by atoms with Crippen LogP contribution in [0, 0.1) is 0 Å². The predicted molar refractivity (Wildman–Crippen MR) is 64.9 cm³/mol. The molecule has 19 heavy (non-hydrogen) atoms. The van der Waals surface area contributed by atoms with Gasteiger partial charge in [-0.2, -0.15) is 13.2 Å². The quantitative estimate of drug-likeness (QED) is 0.910. The van der Waals surface area contributed by atoms with Gasteiger partial charge in [-0.15, -0.1) is 0 Å². The van der Waals surface area contributed by atoms with Gasteiger partial charge in [0.2, 0.25) is 0 Å². The molecule has 1 fully saturated rings. The number of hydrogen-bond acceptors (Lipinski definition) is 4. The van der Waals surface area contributed by atoms with E-state index in [1.807, 2.05) is 0 Å². The molecule has 1 unspecified atom stereocenters. The first-order valence-corrected chi connectivity index (χ1v) is 7.57. The maximum Gasteiger partial charge on any atom is 0.417 e. The second kappa shape index (κ2) is 4.82. The Kier molecular flexibility index (Phi) is 3.65. The third-order valence-corrected chi connectivity index (χ3v) is 4.80. The van der Waals surface area contributed by atoms with E-state index in [4.69, 9.17) is 11.6 Å². The summed E-state index contributed by atoms with van der Waals surface area (Å²) in [5.41, 5.74) is -0.943. The highest BCUT2D eigenvalue weighted by molar-refractivity contribution is 7.91. The van der Waals surface area contributed by atoms with Crippen molar-refractivity contribution in [2.45, 2.75) is 18.6 Å². The van der Waals surface area contributed by atoms with Gasteiger partial charge in [-0.25, -0.2) is 13.4 Å². The van der Waals surface area contributed by atoms with E-state index in [1.165, 1.54) is 0 Å². The molecule has 0 aliphatic carbocycles. The Bertz CT molecular complexity index is 589. The van der Waals surface area contributed by atoms with Crippen LogP contribution in [-0.4, -0.2) is 30.9 Å². The van der Waals surface area contributed by atoms with Crippen LogP contribution >= 0.6 is 11.6 Å². The molecule has 1 saturated heterocycles. The number of nitrogens with one attached hydrogen (secondary N) is 1. The number of halogens is 4. The smallest absolute Gasteiger partial charge is 0.365 e. The molecule has 1 atom stereocenters. The van der Waals surface area contributed by atoms with E-state index in [1.54, 1.807) is 0 Å². The highest BCUT2D eigenvalue weighted by atomic mass is 35.5. The third-order valence-electron chi connectivity index (χ3n) is 2.74. The summed E-state index contributed by atoms with van der Waals surface area (Å²) < 4.78 is 59.7. The van der Waals surface area contributed by atoms with Crippen molar-refractivity contribution < 1.29 is 21.6 Å². The summed E-state index contributed by atoms with van der Waals surface area (Å²) in [7, 11) is -3.07. The summed E-state index contributed by atoms with van der Waals surface area (Å²) in [6, 6.07) is 0.395. The number of nitrogens with zero attached hydrogens (tertiary/aromatic N) is 1. The maximum atomic E-state index is 12.4. The van der Waals surface area contributed by atoms with E-state index in [0.717, 1.165) is 6.07 Å². The van der Waals surface area contributed by atoms with E-state index in [0.29, 0.717) is 12.6 Å². The Labute approximate surface area is 112 Å². The van der Waals surface area contributed by atoms with Gasteiger partial charge in [0.25, 0.3) is 0 Å². The largest absolute Gasteiger partial charge is 0.417 e. The zero-order chi connectivity index (χ0) is 14.3. The van der Waals surface area contributed by atoms with E-state index in [-0.39, 0.29) is 28.4 Å². The number of anilines is 1. The Morgan fingerprint density at radius 3 is 2.58 bits per heavy atom. The van der Waals surface area contributed by atoms with Gasteiger partial charge in [0.15, 0.2) is 9.84 Å². The van der Waals surface area contributed by atoms with Crippen molar-refractivity contribution in [2.24, 2.45) is 0 Å². The van der Waals surface area contributed by atoms with Gasteiger partial charge in [-0.05, 0) is 12.5 Å². The van der Waals surface area contributed by atoms with E-state index in [9.17, 15) is 21.6 Å². The number of alkyl halides is 3. The van der Waals surface area contributed by atoms with Crippen molar-refractivity contribution >= 4 is 27.3 Å². The van der Waals surface area contributed by atoms with Crippen LogP contribution < -0.4 is 5.32 Å². The molecule has 2 heterocycles. The molecule has 0 radical (unpaired) electrons. The van der Waals surface area contributed by atoms with Gasteiger partial charge in [0.05, 0.1) is 22.1 Å². The number of sulfone groups is 1. The van der Waals surface area contributed by atoms with Gasteiger partial charge >= 0.3 is 6.18 Å². The highest BCUT2D eigenvalue weighted by Gasteiger charge is 2.32. The molecule has 9 heteroatoms. The van der Waals surface area contributed by atoms with Crippen LogP contribution in [0.2, 0.25) is 5.02 Å². The average molecular weight is 315 g/mol. The minimum Gasteiger partial charge on any atom is -0.365 e. The lowest BCUT2D eigenvalue weighted by Crippen LogP contribution is -2.21. The van der Waals surface area contributed by atoms with Gasteiger partial charge in [0, 0.05) is 12.2 Å². The van der Waals surface area contributed by atoms with Crippen LogP contribution in [0.3, 0.4) is 0 Å². The maximum absolute atomic E-state index is 12.4. The third kappa shape index (κ3) is 3.50. The fourth-order valence-corrected chi connectivity index (χ4v) is 3.70. The van der Waals surface area contributed by atoms with E-state index < -0.39 is 21.6 Å². The molecule has 1 aliphatic rings. The van der Waals surface area contributed by atoms with Gasteiger partial charge < -0.3 is 5.32 Å². The molecule has 106 valence electrons. The predicted octanol–water partition coefficient (Wildman–Crippen LogP) is 2.35. The van der Waals surface area contributed by atoms with Crippen molar-refractivity contribution in [2.75, 3.05) is 16.8 Å². The summed E-state index contributed by atoms with van der Waals surface area (Å²) in [5.74, 6) is 0.0614. The summed E-state index contributed by atoms with van der Waals surface area (Å²) in [5, 5.41) is 2.57. The van der Waals surface area contributed by atoms with Crippen molar-refractivity contribution in [3.8, 4) is 0 Å². The summed E-state index contributed by atoms with van der Waals surface area (Å²) in [6.45, 7) is 0. The van der Waals surface area contributed by atoms with Gasteiger partial charge in [0.1, 0.15) is 5.82 Å². The van der Waals surface area contributed by atoms with Gasteiger partial charge in [-0.3, -0.25) is 0 Å². The molecule has 2 rings (SSSR count). The second-order valence-corrected chi connectivity index (χ2v) is 6.93. The monoisotopic (exact) mass is 314 g/mol. The first kappa shape index (κ1) is 14.4. The molecule has 0 saturated carbocycles. The first-order valence-electron chi connectivity index (χ1n) is 5.37. The fourth-order valence-electron chi connectivity index (χ4n) is 1.80. The van der Waals surface area contributed by atoms with Crippen LogP contribution in [0.15, 0.2) is 12.3 Å². The number of aromatic nitrogens is 1. The molecule has 0 bridgehead atoms. The van der Waals surface area contributed by atoms with E-state index in [2.05, 4.69) is 10.3 Å². The summed E-state index contributed by atoms with van der Waals surface area (Å²) >= 11 is 5.71. The normalized spacial score (nSPS) is 22.4. The lowest BCUT2D eigenvalue weighted by atomic mass is 10.2. The zero-order valence-corrected chi connectivity index (χ0v) is 11.1. The van der Waals surface area contributed by atoms with Crippen LogP contribution in [0.25, 0.3) is 0 Å². The number of hydrogen-bond donors (Lipinski definition) is 1. The highest BCUT2D eigenvalue weighted by Crippen LogP contribution is 2.32. The summed E-state index contributed by atoms with van der Waals surface area (Å²) in [4.78, 5) is 3.60. The molecule has 0 amide bonds. The number of rotatable bonds is 2. The molecular formula is C10H10ClF3N2O2S. The molecule has 1 aromatic rings. The van der Waals surface area contributed by atoms with Crippen LogP contribution in [0.5, 0.6) is 0 Å². The molecule has 1 aliphatic heterocycles. The molecular weight excluding hydrogens is 305 g/mol. The molecule has 0 spiro atoms. The lowest BCUT2D eigenvalue weighted by Gasteiger charge is -2.14. The molecule has 1 N–H and O–H groups in total. The summed E-state index contributed by atoms with van der Waals surface area (Å²) in [6.07, 6.45) is -3.45. The Balaban J connectivity index is 2.15. The SMILES string of the molecule is O=S1(=O)CCC(Nc2ncc(C(F)(F)F)cc2Cl)C1. The van der Waals surface area contributed by atoms with E-state index >= 15 is 0 Å². The van der Waals surface area contributed by atoms with Crippen molar-refractivity contribution in [1.29, 1.82) is 0 Å². The minimum atomic E-state index is -4.51. The average Bonchev–Trinajstić information content (AvgIpc) is 2.59. The van der Waals surface area contributed by atoms with Crippen LogP contribution in [0.4, 0.5) is 19.0 Å². The lowest BCUT2D eigenvalue weighted by molar-refractivity contribution is -0.137. The zero-order valence-electron chi connectivity index (χ0n) is 9.54. The van der Waals surface area contributed by atoms with Crippen molar-refractivity contribution in [3.05, 3.63) is 22.8 Å². The molecule has 4 nitrogen and oxygen atoms in total. The van der Waals surface area contributed by atoms with Gasteiger partial charge in [-0.1, -0.05) is 11.6 Å².